The number of Topliss-reactive ketones (excluding diaryl/α,β-unsaturated/α-hetero) is 1. The largest absolute Gasteiger partial charge is 0.454 e. The van der Waals surface area contributed by atoms with Crippen molar-refractivity contribution in [3.8, 4) is 11.5 Å². The molecule has 0 bridgehead atoms. The molecule has 3 aromatic carbocycles. The molecule has 31 heavy (non-hydrogen) atoms. The summed E-state index contributed by atoms with van der Waals surface area (Å²) >= 11 is 0. The van der Waals surface area contributed by atoms with Crippen LogP contribution in [0.15, 0.2) is 84.1 Å². The standard InChI is InChI=1S/C26H22N2O3/c29-22-13-18(16-6-2-1-3-7-16)12-21-25(22)26(28-20-9-5-4-8-19(20)27-21)17-10-11-23-24(14-17)31-15-30-23/h1-11,14,18,26-28H,12-13,15H2/t18-,26-/m0/s1. The quantitative estimate of drug-likeness (QED) is 0.593. The van der Waals surface area contributed by atoms with Crippen LogP contribution in [0.25, 0.3) is 0 Å². The first kappa shape index (κ1) is 18.1. The van der Waals surface area contributed by atoms with E-state index in [0.29, 0.717) is 6.42 Å². The van der Waals surface area contributed by atoms with E-state index in [2.05, 4.69) is 22.8 Å². The van der Waals surface area contributed by atoms with Gasteiger partial charge in [0.2, 0.25) is 6.79 Å². The van der Waals surface area contributed by atoms with Crippen molar-refractivity contribution in [3.63, 3.8) is 0 Å². The summed E-state index contributed by atoms with van der Waals surface area (Å²) in [5.41, 5.74) is 5.95. The van der Waals surface area contributed by atoms with Crippen molar-refractivity contribution < 1.29 is 14.3 Å². The fourth-order valence-electron chi connectivity index (χ4n) is 4.80. The molecule has 5 heteroatoms. The van der Waals surface area contributed by atoms with Crippen LogP contribution in [0.4, 0.5) is 11.4 Å². The van der Waals surface area contributed by atoms with E-state index < -0.39 is 0 Å². The molecule has 3 aromatic rings. The maximum absolute atomic E-state index is 13.5. The highest BCUT2D eigenvalue weighted by molar-refractivity contribution is 6.01. The average Bonchev–Trinajstić information content (AvgIpc) is 3.20. The van der Waals surface area contributed by atoms with E-state index in [1.165, 1.54) is 5.56 Å². The molecule has 5 nitrogen and oxygen atoms in total. The highest BCUT2D eigenvalue weighted by Gasteiger charge is 2.36. The number of nitrogens with one attached hydrogen (secondary N) is 2. The molecule has 0 radical (unpaired) electrons. The van der Waals surface area contributed by atoms with Crippen molar-refractivity contribution >= 4 is 17.2 Å². The number of hydrogen-bond donors (Lipinski definition) is 2. The third-order valence-electron chi connectivity index (χ3n) is 6.31. The summed E-state index contributed by atoms with van der Waals surface area (Å²) in [6, 6.07) is 24.1. The molecule has 2 N–H and O–H groups in total. The van der Waals surface area contributed by atoms with Crippen LogP contribution in [-0.4, -0.2) is 12.6 Å². The normalized spacial score (nSPS) is 21.5. The van der Waals surface area contributed by atoms with Gasteiger partial charge in [-0.15, -0.1) is 0 Å². The van der Waals surface area contributed by atoms with Gasteiger partial charge < -0.3 is 20.1 Å². The molecule has 0 amide bonds. The van der Waals surface area contributed by atoms with E-state index in [4.69, 9.17) is 9.47 Å². The van der Waals surface area contributed by atoms with Crippen molar-refractivity contribution in [2.75, 3.05) is 17.4 Å². The number of anilines is 2. The van der Waals surface area contributed by atoms with Gasteiger partial charge in [-0.05, 0) is 47.7 Å². The Balaban J connectivity index is 1.46. The monoisotopic (exact) mass is 410 g/mol. The smallest absolute Gasteiger partial charge is 0.231 e. The molecule has 2 aliphatic heterocycles. The number of ketones is 1. The lowest BCUT2D eigenvalue weighted by atomic mass is 9.78. The van der Waals surface area contributed by atoms with E-state index >= 15 is 0 Å². The third-order valence-corrected chi connectivity index (χ3v) is 6.31. The zero-order valence-corrected chi connectivity index (χ0v) is 16.9. The minimum atomic E-state index is -0.259. The molecule has 0 aromatic heterocycles. The van der Waals surface area contributed by atoms with Gasteiger partial charge in [0.15, 0.2) is 17.3 Å². The number of ether oxygens (including phenoxy) is 2. The first-order valence-corrected chi connectivity index (χ1v) is 10.6. The minimum Gasteiger partial charge on any atom is -0.454 e. The lowest BCUT2D eigenvalue weighted by Gasteiger charge is -2.30. The molecule has 0 saturated carbocycles. The van der Waals surface area contributed by atoms with Crippen LogP contribution in [0.3, 0.4) is 0 Å². The fourth-order valence-corrected chi connectivity index (χ4v) is 4.80. The minimum absolute atomic E-state index is 0.169. The van der Waals surface area contributed by atoms with Gasteiger partial charge in [-0.1, -0.05) is 48.5 Å². The first-order valence-electron chi connectivity index (χ1n) is 10.6. The van der Waals surface area contributed by atoms with Crippen LogP contribution in [0.5, 0.6) is 11.5 Å². The predicted octanol–water partition coefficient (Wildman–Crippen LogP) is 5.39. The average molecular weight is 410 g/mol. The summed E-state index contributed by atoms with van der Waals surface area (Å²) in [7, 11) is 0. The highest BCUT2D eigenvalue weighted by Crippen LogP contribution is 2.45. The van der Waals surface area contributed by atoms with Gasteiger partial charge in [0, 0.05) is 17.7 Å². The molecular formula is C26H22N2O3. The topological polar surface area (TPSA) is 59.6 Å². The molecule has 2 heterocycles. The molecule has 0 spiro atoms. The van der Waals surface area contributed by atoms with Crippen molar-refractivity contribution in [1.29, 1.82) is 0 Å². The molecule has 1 aliphatic carbocycles. The molecule has 0 fully saturated rings. The summed E-state index contributed by atoms with van der Waals surface area (Å²) in [5.74, 6) is 1.80. The third kappa shape index (κ3) is 3.13. The van der Waals surface area contributed by atoms with Gasteiger partial charge in [0.25, 0.3) is 0 Å². The molecule has 6 rings (SSSR count). The Morgan fingerprint density at radius 2 is 1.55 bits per heavy atom. The van der Waals surface area contributed by atoms with Gasteiger partial charge in [-0.25, -0.2) is 0 Å². The maximum atomic E-state index is 13.5. The number of benzene rings is 3. The van der Waals surface area contributed by atoms with Crippen LogP contribution >= 0.6 is 0 Å². The molecule has 2 atom stereocenters. The maximum Gasteiger partial charge on any atom is 0.231 e. The zero-order chi connectivity index (χ0) is 20.8. The van der Waals surface area contributed by atoms with Gasteiger partial charge >= 0.3 is 0 Å². The van der Waals surface area contributed by atoms with E-state index in [1.807, 2.05) is 60.7 Å². The highest BCUT2D eigenvalue weighted by atomic mass is 16.7. The van der Waals surface area contributed by atoms with E-state index in [1.54, 1.807) is 0 Å². The van der Waals surface area contributed by atoms with Crippen LogP contribution in [0.1, 0.15) is 35.9 Å². The summed E-state index contributed by atoms with van der Waals surface area (Å²) in [6.45, 7) is 0.229. The SMILES string of the molecule is O=C1C[C@@H](c2ccccc2)CC2=C1[C@H](c1ccc3c(c1)OCO3)Nc1ccccc1N2. The Bertz CT molecular complexity index is 1200. The second-order valence-corrected chi connectivity index (χ2v) is 8.19. The van der Waals surface area contributed by atoms with Crippen molar-refractivity contribution in [2.24, 2.45) is 0 Å². The van der Waals surface area contributed by atoms with Crippen molar-refractivity contribution in [2.45, 2.75) is 24.8 Å². The van der Waals surface area contributed by atoms with Gasteiger partial charge in [-0.3, -0.25) is 4.79 Å². The zero-order valence-electron chi connectivity index (χ0n) is 16.9. The summed E-state index contributed by atoms with van der Waals surface area (Å²) in [4.78, 5) is 13.5. The number of para-hydroxylation sites is 2. The fraction of sp³-hybridized carbons (Fsp3) is 0.192. The van der Waals surface area contributed by atoms with Gasteiger partial charge in [-0.2, -0.15) is 0 Å². The second-order valence-electron chi connectivity index (χ2n) is 8.19. The summed E-state index contributed by atoms with van der Waals surface area (Å²) in [5, 5.41) is 7.20. The molecule has 0 unspecified atom stereocenters. The van der Waals surface area contributed by atoms with E-state index in [9.17, 15) is 4.79 Å². The lowest BCUT2D eigenvalue weighted by Crippen LogP contribution is -2.26. The predicted molar refractivity (Wildman–Crippen MR) is 119 cm³/mol. The Hall–Kier alpha value is -3.73. The number of hydrogen-bond acceptors (Lipinski definition) is 5. The first-order chi connectivity index (χ1) is 15.3. The lowest BCUT2D eigenvalue weighted by molar-refractivity contribution is -0.116. The van der Waals surface area contributed by atoms with Gasteiger partial charge in [0.1, 0.15) is 0 Å². The van der Waals surface area contributed by atoms with Crippen LogP contribution in [0, 0.1) is 0 Å². The molecule has 3 aliphatic rings. The van der Waals surface area contributed by atoms with Crippen LogP contribution < -0.4 is 20.1 Å². The van der Waals surface area contributed by atoms with Crippen molar-refractivity contribution in [1.82, 2.24) is 0 Å². The Kier molecular flexibility index (Phi) is 4.20. The van der Waals surface area contributed by atoms with E-state index in [-0.39, 0.29) is 24.5 Å². The van der Waals surface area contributed by atoms with Crippen LogP contribution in [-0.2, 0) is 4.79 Å². The number of allylic oxidation sites excluding steroid dienone is 1. The Labute approximate surface area is 180 Å². The molecule has 0 saturated heterocycles. The second kappa shape index (κ2) is 7.20. The van der Waals surface area contributed by atoms with E-state index in [0.717, 1.165) is 46.1 Å². The molecular weight excluding hydrogens is 388 g/mol. The van der Waals surface area contributed by atoms with Crippen molar-refractivity contribution in [3.05, 3.63) is 95.2 Å². The number of fused-ring (bicyclic) bond motifs is 2. The summed E-state index contributed by atoms with van der Waals surface area (Å²) < 4.78 is 11.1. The van der Waals surface area contributed by atoms with Gasteiger partial charge in [0.05, 0.1) is 17.4 Å². The molecule has 154 valence electrons. The number of carbonyl (C=O) groups excluding carboxylic acids is 1. The number of carbonyl (C=O) groups is 1. The summed E-state index contributed by atoms with van der Waals surface area (Å²) in [6.07, 6.45) is 1.30. The van der Waals surface area contributed by atoms with Crippen LogP contribution in [0.2, 0.25) is 0 Å². The Morgan fingerprint density at radius 3 is 2.42 bits per heavy atom. The Morgan fingerprint density at radius 1 is 0.774 bits per heavy atom. The number of rotatable bonds is 2.